The molecule has 0 unspecified atom stereocenters. The van der Waals surface area contributed by atoms with E-state index in [1.165, 1.54) is 23.5 Å². The molecule has 0 aliphatic heterocycles. The average Bonchev–Trinajstić information content (AvgIpc) is 3.17. The molecular weight excluding hydrogens is 438 g/mol. The molecule has 0 saturated carbocycles. The van der Waals surface area contributed by atoms with Gasteiger partial charge in [-0.3, -0.25) is 20.3 Å². The van der Waals surface area contributed by atoms with Gasteiger partial charge in [-0.2, -0.15) is 0 Å². The van der Waals surface area contributed by atoms with Crippen LogP contribution < -0.4 is 16.4 Å². The number of hydrazine groups is 1. The number of non-ortho nitro benzene ring substituents is 1. The lowest BCUT2D eigenvalue weighted by Crippen LogP contribution is -2.21. The maximum absolute atomic E-state index is 12.7. The first-order valence-corrected chi connectivity index (χ1v) is 11.4. The van der Waals surface area contributed by atoms with Crippen molar-refractivity contribution >= 4 is 33.1 Å². The molecule has 4 aromatic rings. The quantitative estimate of drug-likeness (QED) is 0.265. The summed E-state index contributed by atoms with van der Waals surface area (Å²) in [6, 6.07) is 16.2. The second kappa shape index (κ2) is 9.13. The minimum Gasteiger partial charge on any atom is -0.322 e. The Bertz CT molecular complexity index is 1370. The van der Waals surface area contributed by atoms with Crippen molar-refractivity contribution in [2.75, 3.05) is 5.43 Å². The van der Waals surface area contributed by atoms with E-state index in [1.807, 2.05) is 36.4 Å². The molecule has 2 heterocycles. The van der Waals surface area contributed by atoms with E-state index in [2.05, 4.69) is 36.6 Å². The minimum absolute atomic E-state index is 0.0569. The molecule has 0 radical (unpaired) electrons. The van der Waals surface area contributed by atoms with Crippen molar-refractivity contribution in [3.8, 4) is 0 Å². The maximum Gasteiger partial charge on any atom is 0.269 e. The Hall–Kier alpha value is -3.56. The van der Waals surface area contributed by atoms with E-state index in [-0.39, 0.29) is 16.7 Å². The summed E-state index contributed by atoms with van der Waals surface area (Å²) in [6.45, 7) is 6.68. The number of nitrogens with one attached hydrogen (secondary N) is 3. The molecule has 0 aliphatic carbocycles. The molecule has 0 bridgehead atoms. The van der Waals surface area contributed by atoms with Gasteiger partial charge in [-0.05, 0) is 23.1 Å². The molecule has 0 spiro atoms. The number of aromatic nitrogens is 2. The van der Waals surface area contributed by atoms with Crippen LogP contribution in [0.1, 0.15) is 42.5 Å². The fourth-order valence-corrected chi connectivity index (χ4v) is 4.78. The lowest BCUT2D eigenvalue weighted by atomic mass is 9.90. The van der Waals surface area contributed by atoms with Crippen LogP contribution in [0.3, 0.4) is 0 Å². The SMILES string of the molecule is CC(C)(C)c1nc(NNCc2cccc([N+](=O)[O-])c2)sc1Cc1cc2ccccc2[nH]c1=O. The molecule has 2 aromatic carbocycles. The average molecular weight is 464 g/mol. The van der Waals surface area contributed by atoms with Gasteiger partial charge in [0.15, 0.2) is 5.13 Å². The Morgan fingerprint density at radius 2 is 1.91 bits per heavy atom. The van der Waals surface area contributed by atoms with Crippen molar-refractivity contribution < 1.29 is 4.92 Å². The van der Waals surface area contributed by atoms with Gasteiger partial charge in [0.05, 0.1) is 10.6 Å². The highest BCUT2D eigenvalue weighted by atomic mass is 32.1. The zero-order chi connectivity index (χ0) is 23.6. The third-order valence-electron chi connectivity index (χ3n) is 5.20. The zero-order valence-electron chi connectivity index (χ0n) is 18.6. The fourth-order valence-electron chi connectivity index (χ4n) is 3.61. The summed E-state index contributed by atoms with van der Waals surface area (Å²) in [5.74, 6) is 0. The van der Waals surface area contributed by atoms with Gasteiger partial charge in [0, 0.05) is 46.5 Å². The van der Waals surface area contributed by atoms with E-state index in [0.717, 1.165) is 27.0 Å². The predicted octanol–water partition coefficient (Wildman–Crippen LogP) is 4.90. The smallest absolute Gasteiger partial charge is 0.269 e. The second-order valence-corrected chi connectivity index (χ2v) is 9.92. The third kappa shape index (κ3) is 5.27. The Balaban J connectivity index is 1.54. The molecule has 33 heavy (non-hydrogen) atoms. The van der Waals surface area contributed by atoms with Crippen LogP contribution in [0.2, 0.25) is 0 Å². The summed E-state index contributed by atoms with van der Waals surface area (Å²) in [5.41, 5.74) is 9.18. The number of nitro groups is 1. The van der Waals surface area contributed by atoms with E-state index < -0.39 is 4.92 Å². The summed E-state index contributed by atoms with van der Waals surface area (Å²) in [4.78, 5) is 32.0. The highest BCUT2D eigenvalue weighted by molar-refractivity contribution is 7.15. The van der Waals surface area contributed by atoms with Crippen LogP contribution in [-0.4, -0.2) is 14.9 Å². The topological polar surface area (TPSA) is 113 Å². The monoisotopic (exact) mass is 463 g/mol. The highest BCUT2D eigenvalue weighted by Crippen LogP contribution is 2.33. The predicted molar refractivity (Wildman–Crippen MR) is 132 cm³/mol. The first-order chi connectivity index (χ1) is 15.7. The zero-order valence-corrected chi connectivity index (χ0v) is 19.5. The molecule has 3 N–H and O–H groups in total. The molecule has 0 atom stereocenters. The number of hydrogen-bond donors (Lipinski definition) is 3. The number of fused-ring (bicyclic) bond motifs is 1. The summed E-state index contributed by atoms with van der Waals surface area (Å²) >= 11 is 1.49. The van der Waals surface area contributed by atoms with E-state index in [0.29, 0.717) is 23.7 Å². The number of rotatable bonds is 7. The number of benzene rings is 2. The lowest BCUT2D eigenvalue weighted by molar-refractivity contribution is -0.384. The third-order valence-corrected chi connectivity index (χ3v) is 6.17. The van der Waals surface area contributed by atoms with Crippen LogP contribution in [0.15, 0.2) is 59.4 Å². The highest BCUT2D eigenvalue weighted by Gasteiger charge is 2.24. The van der Waals surface area contributed by atoms with E-state index in [1.54, 1.807) is 6.07 Å². The first kappa shape index (κ1) is 22.6. The van der Waals surface area contributed by atoms with Crippen molar-refractivity contribution in [3.05, 3.63) is 96.8 Å². The fraction of sp³-hybridized carbons (Fsp3) is 0.250. The van der Waals surface area contributed by atoms with E-state index in [9.17, 15) is 14.9 Å². The number of anilines is 1. The number of H-pyrrole nitrogens is 1. The Morgan fingerprint density at radius 1 is 1.12 bits per heavy atom. The van der Waals surface area contributed by atoms with Crippen LogP contribution in [-0.2, 0) is 18.4 Å². The van der Waals surface area contributed by atoms with E-state index >= 15 is 0 Å². The number of para-hydroxylation sites is 1. The number of aromatic amines is 1. The molecular formula is C24H25N5O3S. The van der Waals surface area contributed by atoms with Crippen molar-refractivity contribution in [1.29, 1.82) is 0 Å². The van der Waals surface area contributed by atoms with Crippen LogP contribution in [0.4, 0.5) is 10.8 Å². The van der Waals surface area contributed by atoms with Gasteiger partial charge in [-0.15, -0.1) is 11.3 Å². The van der Waals surface area contributed by atoms with Crippen LogP contribution >= 0.6 is 11.3 Å². The number of hydrogen-bond acceptors (Lipinski definition) is 7. The standard InChI is InChI=1S/C24H25N5O3S/c1-24(2,3)21-20(13-17-12-16-8-4-5-10-19(16)26-22(17)30)33-23(27-21)28-25-14-15-7-6-9-18(11-15)29(31)32/h4-12,25H,13-14H2,1-3H3,(H,26,30)(H,27,28). The number of nitrogens with zero attached hydrogens (tertiary/aromatic N) is 2. The Morgan fingerprint density at radius 3 is 2.67 bits per heavy atom. The van der Waals surface area contributed by atoms with E-state index in [4.69, 9.17) is 4.98 Å². The van der Waals surface area contributed by atoms with Gasteiger partial charge in [-0.1, -0.05) is 51.1 Å². The number of thiazole rings is 1. The lowest BCUT2D eigenvalue weighted by Gasteiger charge is -2.17. The van der Waals surface area contributed by atoms with Gasteiger partial charge in [0.25, 0.3) is 11.2 Å². The largest absolute Gasteiger partial charge is 0.322 e. The summed E-state index contributed by atoms with van der Waals surface area (Å²) in [6.07, 6.45) is 0.483. The molecule has 0 amide bonds. The molecule has 170 valence electrons. The second-order valence-electron chi connectivity index (χ2n) is 8.83. The summed E-state index contributed by atoms with van der Waals surface area (Å²) < 4.78 is 0. The summed E-state index contributed by atoms with van der Waals surface area (Å²) in [5, 5.41) is 12.6. The van der Waals surface area contributed by atoms with Crippen molar-refractivity contribution in [2.45, 2.75) is 39.2 Å². The maximum atomic E-state index is 12.7. The molecule has 8 nitrogen and oxygen atoms in total. The molecule has 0 aliphatic rings. The van der Waals surface area contributed by atoms with Gasteiger partial charge in [-0.25, -0.2) is 10.4 Å². The first-order valence-electron chi connectivity index (χ1n) is 10.5. The van der Waals surface area contributed by atoms with Gasteiger partial charge < -0.3 is 4.98 Å². The van der Waals surface area contributed by atoms with Crippen molar-refractivity contribution in [2.24, 2.45) is 0 Å². The van der Waals surface area contributed by atoms with Crippen LogP contribution in [0, 0.1) is 10.1 Å². The molecule has 4 rings (SSSR count). The van der Waals surface area contributed by atoms with Gasteiger partial charge in [0.1, 0.15) is 0 Å². The van der Waals surface area contributed by atoms with Gasteiger partial charge in [0.2, 0.25) is 0 Å². The Labute approximate surface area is 194 Å². The molecule has 0 saturated heterocycles. The normalized spacial score (nSPS) is 11.6. The van der Waals surface area contributed by atoms with Crippen molar-refractivity contribution in [3.63, 3.8) is 0 Å². The molecule has 2 aromatic heterocycles. The van der Waals surface area contributed by atoms with Crippen LogP contribution in [0.5, 0.6) is 0 Å². The number of pyridine rings is 1. The molecule has 0 fully saturated rings. The minimum atomic E-state index is -0.409. The van der Waals surface area contributed by atoms with Crippen molar-refractivity contribution in [1.82, 2.24) is 15.4 Å². The van der Waals surface area contributed by atoms with Crippen LogP contribution in [0.25, 0.3) is 10.9 Å². The number of nitro benzene ring substituents is 1. The Kier molecular flexibility index (Phi) is 6.26. The summed E-state index contributed by atoms with van der Waals surface area (Å²) in [7, 11) is 0. The van der Waals surface area contributed by atoms with Gasteiger partial charge >= 0.3 is 0 Å². The molecule has 9 heteroatoms.